The Morgan fingerprint density at radius 3 is 2.84 bits per heavy atom. The average molecular weight is 258 g/mol. The van der Waals surface area contributed by atoms with Crippen molar-refractivity contribution in [2.75, 3.05) is 6.54 Å². The maximum absolute atomic E-state index is 13.6. The maximum Gasteiger partial charge on any atom is 0.129 e. The van der Waals surface area contributed by atoms with Gasteiger partial charge in [0.2, 0.25) is 0 Å². The minimum absolute atomic E-state index is 0.321. The van der Waals surface area contributed by atoms with Crippen LogP contribution in [-0.2, 0) is 0 Å². The molecule has 3 heteroatoms. The molecule has 1 unspecified atom stereocenters. The van der Waals surface area contributed by atoms with Gasteiger partial charge in [0.15, 0.2) is 0 Å². The second-order valence-electron chi connectivity index (χ2n) is 4.90. The summed E-state index contributed by atoms with van der Waals surface area (Å²) in [5.41, 5.74) is 1.89. The van der Waals surface area contributed by atoms with Gasteiger partial charge in [-0.05, 0) is 38.2 Å². The topological polar surface area (TPSA) is 35.8 Å². The fourth-order valence-corrected chi connectivity index (χ4v) is 2.44. The molecular weight excluding hydrogens is 239 g/mol. The maximum atomic E-state index is 13.6. The zero-order valence-corrected chi connectivity index (χ0v) is 11.0. The highest BCUT2D eigenvalue weighted by atomic mass is 19.1. The molecule has 1 N–H and O–H groups in total. The molecule has 0 amide bonds. The molecule has 0 heterocycles. The number of halogens is 1. The minimum Gasteiger partial charge on any atom is -0.298 e. The number of rotatable bonds is 5. The van der Waals surface area contributed by atoms with Crippen molar-refractivity contribution >= 4 is 0 Å². The van der Waals surface area contributed by atoms with E-state index in [1.54, 1.807) is 18.2 Å². The first-order valence-electron chi connectivity index (χ1n) is 6.86. The molecule has 0 aliphatic heterocycles. The van der Waals surface area contributed by atoms with E-state index in [9.17, 15) is 4.39 Å². The first kappa shape index (κ1) is 13.8. The average Bonchev–Trinajstić information content (AvgIpc) is 2.46. The van der Waals surface area contributed by atoms with E-state index in [1.807, 2.05) is 0 Å². The van der Waals surface area contributed by atoms with Gasteiger partial charge >= 0.3 is 0 Å². The van der Waals surface area contributed by atoms with Crippen molar-refractivity contribution < 1.29 is 4.39 Å². The van der Waals surface area contributed by atoms with Crippen LogP contribution in [-0.4, -0.2) is 6.54 Å². The van der Waals surface area contributed by atoms with E-state index in [4.69, 9.17) is 5.26 Å². The van der Waals surface area contributed by atoms with Crippen LogP contribution in [0.25, 0.3) is 0 Å². The molecule has 0 saturated heterocycles. The highest BCUT2D eigenvalue weighted by Gasteiger charge is 2.14. The summed E-state index contributed by atoms with van der Waals surface area (Å²) in [5, 5.41) is 12.3. The quantitative estimate of drug-likeness (QED) is 0.814. The Balaban J connectivity index is 1.88. The summed E-state index contributed by atoms with van der Waals surface area (Å²) in [7, 11) is 0. The number of nitrogens with zero attached hydrogens (tertiary/aromatic N) is 1. The van der Waals surface area contributed by atoms with Crippen LogP contribution in [0.2, 0.25) is 0 Å². The molecule has 0 fully saturated rings. The molecule has 0 bridgehead atoms. The van der Waals surface area contributed by atoms with E-state index in [0.717, 1.165) is 13.0 Å². The smallest absolute Gasteiger partial charge is 0.129 e. The SMILES string of the molecule is N#CC(NCCC1=CCCCC1)c1ccccc1F. The van der Waals surface area contributed by atoms with Gasteiger partial charge in [-0.3, -0.25) is 5.32 Å². The molecule has 100 valence electrons. The molecule has 1 aliphatic rings. The van der Waals surface area contributed by atoms with E-state index in [-0.39, 0.29) is 5.82 Å². The molecule has 1 aliphatic carbocycles. The lowest BCUT2D eigenvalue weighted by molar-refractivity contribution is 0.556. The summed E-state index contributed by atoms with van der Waals surface area (Å²) < 4.78 is 13.6. The number of hydrogen-bond acceptors (Lipinski definition) is 2. The molecule has 0 radical (unpaired) electrons. The molecule has 19 heavy (non-hydrogen) atoms. The fourth-order valence-electron chi connectivity index (χ4n) is 2.44. The monoisotopic (exact) mass is 258 g/mol. The summed E-state index contributed by atoms with van der Waals surface area (Å²) in [6.07, 6.45) is 8.14. The zero-order valence-electron chi connectivity index (χ0n) is 11.0. The lowest BCUT2D eigenvalue weighted by atomic mass is 9.97. The van der Waals surface area contributed by atoms with Gasteiger partial charge in [-0.25, -0.2) is 4.39 Å². The van der Waals surface area contributed by atoms with Crippen LogP contribution in [0.4, 0.5) is 4.39 Å². The molecule has 1 aromatic rings. The summed E-state index contributed by atoms with van der Waals surface area (Å²) in [6.45, 7) is 0.721. The van der Waals surface area contributed by atoms with Gasteiger partial charge in [0.25, 0.3) is 0 Å². The Bertz CT molecular complexity index is 488. The Kier molecular flexibility index (Phi) is 5.11. The number of hydrogen-bond donors (Lipinski definition) is 1. The number of benzene rings is 1. The van der Waals surface area contributed by atoms with Crippen molar-refractivity contribution in [1.29, 1.82) is 5.26 Å². The van der Waals surface area contributed by atoms with Crippen LogP contribution in [0.1, 0.15) is 43.7 Å². The van der Waals surface area contributed by atoms with Crippen LogP contribution in [0.3, 0.4) is 0 Å². The molecule has 1 aromatic carbocycles. The normalized spacial score (nSPS) is 16.5. The van der Waals surface area contributed by atoms with Gasteiger partial charge in [0, 0.05) is 12.1 Å². The van der Waals surface area contributed by atoms with Crippen molar-refractivity contribution in [3.8, 4) is 6.07 Å². The Morgan fingerprint density at radius 1 is 1.32 bits per heavy atom. The van der Waals surface area contributed by atoms with Gasteiger partial charge in [-0.15, -0.1) is 0 Å². The molecule has 2 nitrogen and oxygen atoms in total. The summed E-state index contributed by atoms with van der Waals surface area (Å²) >= 11 is 0. The first-order chi connectivity index (χ1) is 9.31. The van der Waals surface area contributed by atoms with E-state index in [2.05, 4.69) is 17.5 Å². The molecule has 0 saturated carbocycles. The Labute approximate surface area is 113 Å². The van der Waals surface area contributed by atoms with E-state index in [1.165, 1.54) is 37.3 Å². The van der Waals surface area contributed by atoms with E-state index in [0.29, 0.717) is 5.56 Å². The fraction of sp³-hybridized carbons (Fsp3) is 0.438. The lowest BCUT2D eigenvalue weighted by Gasteiger charge is -2.15. The second kappa shape index (κ2) is 7.06. The van der Waals surface area contributed by atoms with Crippen molar-refractivity contribution in [3.63, 3.8) is 0 Å². The summed E-state index contributed by atoms with van der Waals surface area (Å²) in [6, 6.07) is 8.02. The third kappa shape index (κ3) is 3.90. The molecule has 0 aromatic heterocycles. The van der Waals surface area contributed by atoms with Gasteiger partial charge in [0.1, 0.15) is 11.9 Å². The highest BCUT2D eigenvalue weighted by Crippen LogP contribution is 2.20. The lowest BCUT2D eigenvalue weighted by Crippen LogP contribution is -2.22. The Morgan fingerprint density at radius 2 is 2.16 bits per heavy atom. The van der Waals surface area contributed by atoms with Gasteiger partial charge in [-0.2, -0.15) is 5.26 Å². The number of allylic oxidation sites excluding steroid dienone is 1. The zero-order chi connectivity index (χ0) is 13.5. The predicted molar refractivity (Wildman–Crippen MR) is 73.9 cm³/mol. The van der Waals surface area contributed by atoms with Crippen LogP contribution in [0.15, 0.2) is 35.9 Å². The predicted octanol–water partition coefficient (Wildman–Crippen LogP) is 3.87. The van der Waals surface area contributed by atoms with Crippen LogP contribution >= 0.6 is 0 Å². The van der Waals surface area contributed by atoms with Crippen LogP contribution in [0.5, 0.6) is 0 Å². The first-order valence-corrected chi connectivity index (χ1v) is 6.86. The molecule has 1 atom stereocenters. The number of nitriles is 1. The van der Waals surface area contributed by atoms with Gasteiger partial charge < -0.3 is 0 Å². The standard InChI is InChI=1S/C16H19FN2/c17-15-9-5-4-8-14(15)16(12-18)19-11-10-13-6-2-1-3-7-13/h4-6,8-9,16,19H,1-3,7,10-11H2. The third-order valence-electron chi connectivity index (χ3n) is 3.52. The Hall–Kier alpha value is -1.66. The van der Waals surface area contributed by atoms with Crippen molar-refractivity contribution in [1.82, 2.24) is 5.32 Å². The summed E-state index contributed by atoms with van der Waals surface area (Å²) in [5.74, 6) is -0.321. The largest absolute Gasteiger partial charge is 0.298 e. The van der Waals surface area contributed by atoms with Crippen molar-refractivity contribution in [2.24, 2.45) is 0 Å². The highest BCUT2D eigenvalue weighted by molar-refractivity contribution is 5.25. The van der Waals surface area contributed by atoms with Gasteiger partial charge in [-0.1, -0.05) is 29.8 Å². The summed E-state index contributed by atoms with van der Waals surface area (Å²) in [4.78, 5) is 0. The molecular formula is C16H19FN2. The molecule has 0 spiro atoms. The van der Waals surface area contributed by atoms with Crippen molar-refractivity contribution in [2.45, 2.75) is 38.1 Å². The van der Waals surface area contributed by atoms with Gasteiger partial charge in [0.05, 0.1) is 6.07 Å². The van der Waals surface area contributed by atoms with Crippen LogP contribution in [0, 0.1) is 17.1 Å². The van der Waals surface area contributed by atoms with Crippen molar-refractivity contribution in [3.05, 3.63) is 47.3 Å². The number of nitrogens with one attached hydrogen (secondary N) is 1. The second-order valence-corrected chi connectivity index (χ2v) is 4.90. The molecule has 2 rings (SSSR count). The minimum atomic E-state index is -0.564. The third-order valence-corrected chi connectivity index (χ3v) is 3.52. The van der Waals surface area contributed by atoms with E-state index < -0.39 is 6.04 Å². The van der Waals surface area contributed by atoms with E-state index >= 15 is 0 Å². The van der Waals surface area contributed by atoms with Crippen LogP contribution < -0.4 is 5.32 Å².